The van der Waals surface area contributed by atoms with E-state index in [4.69, 9.17) is 22.7 Å². The molecule has 0 saturated carbocycles. The van der Waals surface area contributed by atoms with Gasteiger partial charge in [0.2, 0.25) is 0 Å². The van der Waals surface area contributed by atoms with Gasteiger partial charge in [0, 0.05) is 38.4 Å². The fraction of sp³-hybridized carbons (Fsp3) is 0.533. The molecule has 0 spiro atoms. The van der Waals surface area contributed by atoms with Crippen molar-refractivity contribution in [3.8, 4) is 0 Å². The number of aliphatic hydroxyl groups is 1. The van der Waals surface area contributed by atoms with Crippen molar-refractivity contribution in [1.29, 1.82) is 5.41 Å². The maximum absolute atomic E-state index is 9.89. The van der Waals surface area contributed by atoms with Crippen LogP contribution in [-0.2, 0) is 0 Å². The summed E-state index contributed by atoms with van der Waals surface area (Å²) >= 11 is 6.17. The Hall–Kier alpha value is -1.30. The summed E-state index contributed by atoms with van der Waals surface area (Å²) in [5.41, 5.74) is 6.50. The third-order valence-electron chi connectivity index (χ3n) is 3.58. The van der Waals surface area contributed by atoms with Crippen LogP contribution in [-0.4, -0.2) is 54.2 Å². The van der Waals surface area contributed by atoms with Crippen LogP contribution in [0.5, 0.6) is 0 Å². The van der Waals surface area contributed by atoms with Crippen molar-refractivity contribution >= 4 is 23.1 Å². The predicted octanol–water partition coefficient (Wildman–Crippen LogP) is 1.52. The van der Waals surface area contributed by atoms with E-state index in [1.165, 1.54) is 0 Å². The van der Waals surface area contributed by atoms with Crippen molar-refractivity contribution < 1.29 is 5.11 Å². The summed E-state index contributed by atoms with van der Waals surface area (Å²) in [5, 5.41) is 18.1. The topological polar surface area (TPSA) is 76.6 Å². The highest BCUT2D eigenvalue weighted by atomic mass is 35.5. The molecule has 1 heterocycles. The predicted molar refractivity (Wildman–Crippen MR) is 87.4 cm³/mol. The number of piperazine rings is 1. The van der Waals surface area contributed by atoms with E-state index in [9.17, 15) is 5.11 Å². The molecule has 0 radical (unpaired) electrons. The van der Waals surface area contributed by atoms with Crippen molar-refractivity contribution in [2.45, 2.75) is 19.4 Å². The molecule has 0 unspecified atom stereocenters. The zero-order valence-electron chi connectivity index (χ0n) is 12.6. The second kappa shape index (κ2) is 6.22. The number of hydrogen-bond acceptors (Lipinski definition) is 4. The lowest BCUT2D eigenvalue weighted by Crippen LogP contribution is -2.50. The summed E-state index contributed by atoms with van der Waals surface area (Å²) in [4.78, 5) is 4.44. The minimum Gasteiger partial charge on any atom is -0.389 e. The van der Waals surface area contributed by atoms with E-state index >= 15 is 0 Å². The van der Waals surface area contributed by atoms with Gasteiger partial charge in [-0.15, -0.1) is 0 Å². The standard InChI is InChI=1S/C15H23ClN4O/c1-15(2,21)10-19-6-8-20(9-7-19)12-5-3-4-11(16)13(12)14(17)18/h3-5,21H,6-10H2,1-2H3,(H3,17,18). The fourth-order valence-electron chi connectivity index (χ4n) is 2.74. The molecule has 4 N–H and O–H groups in total. The summed E-state index contributed by atoms with van der Waals surface area (Å²) in [6, 6.07) is 5.59. The highest BCUT2D eigenvalue weighted by Crippen LogP contribution is 2.28. The van der Waals surface area contributed by atoms with Crippen LogP contribution >= 0.6 is 11.6 Å². The average molecular weight is 311 g/mol. The summed E-state index contributed by atoms with van der Waals surface area (Å²) in [6.07, 6.45) is 0. The summed E-state index contributed by atoms with van der Waals surface area (Å²) in [6.45, 7) is 7.71. The third-order valence-corrected chi connectivity index (χ3v) is 3.90. The lowest BCUT2D eigenvalue weighted by molar-refractivity contribution is 0.0345. The van der Waals surface area contributed by atoms with Crippen molar-refractivity contribution in [2.75, 3.05) is 37.6 Å². The number of nitrogen functional groups attached to an aromatic ring is 1. The number of nitrogens with zero attached hydrogens (tertiary/aromatic N) is 2. The van der Waals surface area contributed by atoms with Gasteiger partial charge in [-0.25, -0.2) is 0 Å². The molecular weight excluding hydrogens is 288 g/mol. The van der Waals surface area contributed by atoms with Gasteiger partial charge in [-0.1, -0.05) is 17.7 Å². The van der Waals surface area contributed by atoms with E-state index in [1.54, 1.807) is 6.07 Å². The first kappa shape index (κ1) is 16.1. The number of hydrogen-bond donors (Lipinski definition) is 3. The molecule has 1 aliphatic heterocycles. The van der Waals surface area contributed by atoms with E-state index in [2.05, 4.69) is 9.80 Å². The number of amidine groups is 1. The Labute approximate surface area is 130 Å². The highest BCUT2D eigenvalue weighted by Gasteiger charge is 2.24. The Morgan fingerprint density at radius 2 is 1.95 bits per heavy atom. The Bertz CT molecular complexity index is 519. The first-order chi connectivity index (χ1) is 9.78. The van der Waals surface area contributed by atoms with Crippen molar-refractivity contribution in [3.63, 3.8) is 0 Å². The number of anilines is 1. The van der Waals surface area contributed by atoms with E-state index in [0.717, 1.165) is 31.9 Å². The zero-order valence-corrected chi connectivity index (χ0v) is 13.3. The van der Waals surface area contributed by atoms with Crippen LogP contribution in [0.3, 0.4) is 0 Å². The van der Waals surface area contributed by atoms with Crippen LogP contribution < -0.4 is 10.6 Å². The van der Waals surface area contributed by atoms with Gasteiger partial charge in [0.05, 0.1) is 16.2 Å². The molecule has 116 valence electrons. The average Bonchev–Trinajstić information content (AvgIpc) is 2.37. The van der Waals surface area contributed by atoms with E-state index < -0.39 is 5.60 Å². The monoisotopic (exact) mass is 310 g/mol. The van der Waals surface area contributed by atoms with Gasteiger partial charge in [0.25, 0.3) is 0 Å². The van der Waals surface area contributed by atoms with E-state index in [-0.39, 0.29) is 5.84 Å². The first-order valence-electron chi connectivity index (χ1n) is 7.10. The lowest BCUT2D eigenvalue weighted by Gasteiger charge is -2.39. The molecular formula is C15H23ClN4O. The Balaban J connectivity index is 2.10. The quantitative estimate of drug-likeness (QED) is 0.582. The van der Waals surface area contributed by atoms with Crippen molar-refractivity contribution in [1.82, 2.24) is 4.90 Å². The minimum atomic E-state index is -0.678. The molecule has 0 aliphatic carbocycles. The molecule has 6 heteroatoms. The Morgan fingerprint density at radius 1 is 1.33 bits per heavy atom. The number of benzene rings is 1. The molecule has 0 amide bonds. The normalized spacial score (nSPS) is 17.0. The number of nitrogens with two attached hydrogens (primary N) is 1. The number of nitrogens with one attached hydrogen (secondary N) is 1. The molecule has 0 bridgehead atoms. The minimum absolute atomic E-state index is 0.00507. The van der Waals surface area contributed by atoms with Crippen LogP contribution in [0.4, 0.5) is 5.69 Å². The van der Waals surface area contributed by atoms with Crippen LogP contribution in [0.1, 0.15) is 19.4 Å². The van der Waals surface area contributed by atoms with Gasteiger partial charge in [-0.3, -0.25) is 10.3 Å². The maximum Gasteiger partial charge on any atom is 0.126 e. The van der Waals surface area contributed by atoms with E-state index in [1.807, 2.05) is 26.0 Å². The second-order valence-electron chi connectivity index (χ2n) is 6.12. The lowest BCUT2D eigenvalue weighted by atomic mass is 10.1. The molecule has 1 aromatic rings. The number of β-amino-alcohol motifs (C(OH)–C–C–N with tert-alkyl or cyclic N) is 1. The van der Waals surface area contributed by atoms with Gasteiger partial charge in [-0.2, -0.15) is 0 Å². The zero-order chi connectivity index (χ0) is 15.6. The fourth-order valence-corrected chi connectivity index (χ4v) is 3.01. The summed E-state index contributed by atoms with van der Waals surface area (Å²) < 4.78 is 0. The summed E-state index contributed by atoms with van der Waals surface area (Å²) in [7, 11) is 0. The number of halogens is 1. The molecule has 1 fully saturated rings. The third kappa shape index (κ3) is 4.09. The Kier molecular flexibility index (Phi) is 4.76. The molecule has 21 heavy (non-hydrogen) atoms. The molecule has 1 saturated heterocycles. The first-order valence-corrected chi connectivity index (χ1v) is 7.48. The van der Waals surface area contributed by atoms with Gasteiger partial charge < -0.3 is 15.7 Å². The molecule has 1 aliphatic rings. The van der Waals surface area contributed by atoms with Gasteiger partial charge >= 0.3 is 0 Å². The van der Waals surface area contributed by atoms with Gasteiger partial charge in [0.1, 0.15) is 5.84 Å². The second-order valence-corrected chi connectivity index (χ2v) is 6.53. The van der Waals surface area contributed by atoms with Gasteiger partial charge in [-0.05, 0) is 26.0 Å². The van der Waals surface area contributed by atoms with Crippen molar-refractivity contribution in [2.24, 2.45) is 5.73 Å². The van der Waals surface area contributed by atoms with Crippen LogP contribution in [0.15, 0.2) is 18.2 Å². The van der Waals surface area contributed by atoms with E-state index in [0.29, 0.717) is 17.1 Å². The van der Waals surface area contributed by atoms with Crippen LogP contribution in [0.2, 0.25) is 5.02 Å². The summed E-state index contributed by atoms with van der Waals surface area (Å²) in [5.74, 6) is -0.00507. The SMILES string of the molecule is CC(C)(O)CN1CCN(c2cccc(Cl)c2C(=N)N)CC1. The maximum atomic E-state index is 9.89. The Morgan fingerprint density at radius 3 is 2.48 bits per heavy atom. The number of rotatable bonds is 4. The molecule has 0 atom stereocenters. The highest BCUT2D eigenvalue weighted by molar-refractivity contribution is 6.34. The molecule has 0 aromatic heterocycles. The smallest absolute Gasteiger partial charge is 0.126 e. The van der Waals surface area contributed by atoms with Gasteiger partial charge in [0.15, 0.2) is 0 Å². The molecule has 5 nitrogen and oxygen atoms in total. The largest absolute Gasteiger partial charge is 0.389 e. The van der Waals surface area contributed by atoms with Crippen LogP contribution in [0.25, 0.3) is 0 Å². The van der Waals surface area contributed by atoms with Crippen LogP contribution in [0, 0.1) is 5.41 Å². The van der Waals surface area contributed by atoms with Crippen molar-refractivity contribution in [3.05, 3.63) is 28.8 Å². The molecule has 1 aromatic carbocycles. The molecule has 2 rings (SSSR count).